The lowest BCUT2D eigenvalue weighted by atomic mass is 10.0. The minimum absolute atomic E-state index is 0.324. The van der Waals surface area contributed by atoms with Crippen molar-refractivity contribution in [1.29, 1.82) is 0 Å². The van der Waals surface area contributed by atoms with Crippen molar-refractivity contribution in [2.24, 2.45) is 5.73 Å². The lowest BCUT2D eigenvalue weighted by Gasteiger charge is -2.18. The number of aliphatic hydroxyl groups excluding tert-OH is 2. The van der Waals surface area contributed by atoms with E-state index >= 15 is 0 Å². The number of hydrogen-bond donors (Lipinski definition) is 3. The largest absolute Gasteiger partial charge is 0.390 e. The molecule has 0 saturated heterocycles. The van der Waals surface area contributed by atoms with E-state index < -0.39 is 12.2 Å². The molecule has 0 bridgehead atoms. The summed E-state index contributed by atoms with van der Waals surface area (Å²) < 4.78 is 0. The Morgan fingerprint density at radius 1 is 1.53 bits per heavy atom. The van der Waals surface area contributed by atoms with Crippen LogP contribution in [0.2, 0.25) is 5.02 Å². The first-order chi connectivity index (χ1) is 7.06. The number of aliphatic hydroxyl groups is 2. The number of rotatable bonds is 4. The average molecular weight is 231 g/mol. The van der Waals surface area contributed by atoms with Crippen LogP contribution < -0.4 is 5.73 Å². The second kappa shape index (κ2) is 5.42. The lowest BCUT2D eigenvalue weighted by Crippen LogP contribution is -2.23. The van der Waals surface area contributed by atoms with Crippen LogP contribution in [0.25, 0.3) is 0 Å². The molecule has 84 valence electrons. The summed E-state index contributed by atoms with van der Waals surface area (Å²) >= 11 is 5.74. The van der Waals surface area contributed by atoms with E-state index in [0.29, 0.717) is 23.7 Å². The smallest absolute Gasteiger partial charge is 0.122 e. The molecule has 2 unspecified atom stereocenters. The number of halogens is 1. The Morgan fingerprint density at radius 3 is 2.73 bits per heavy atom. The highest BCUT2D eigenvalue weighted by Crippen LogP contribution is 2.22. The summed E-state index contributed by atoms with van der Waals surface area (Å²) in [5, 5.41) is 19.9. The second-order valence-electron chi connectivity index (χ2n) is 3.45. The molecule has 1 rings (SSSR count). The van der Waals surface area contributed by atoms with Gasteiger partial charge in [0.25, 0.3) is 0 Å². The van der Waals surface area contributed by atoms with Crippen LogP contribution in [0.4, 0.5) is 0 Å². The van der Waals surface area contributed by atoms with Crippen LogP contribution in [-0.2, 0) is 0 Å². The highest BCUT2D eigenvalue weighted by molar-refractivity contribution is 6.30. The number of hydrogen-bond acceptors (Lipinski definition) is 4. The van der Waals surface area contributed by atoms with Crippen molar-refractivity contribution < 1.29 is 10.2 Å². The maximum atomic E-state index is 9.78. The number of aryl methyl sites for hydroxylation is 1. The van der Waals surface area contributed by atoms with Crippen LogP contribution in [0.15, 0.2) is 12.3 Å². The summed E-state index contributed by atoms with van der Waals surface area (Å²) in [7, 11) is 0. The molecule has 2 atom stereocenters. The summed E-state index contributed by atoms with van der Waals surface area (Å²) in [4.78, 5) is 4.00. The number of nitrogens with zero attached hydrogens (tertiary/aromatic N) is 1. The molecule has 1 heterocycles. The van der Waals surface area contributed by atoms with Crippen molar-refractivity contribution in [3.63, 3.8) is 0 Å². The van der Waals surface area contributed by atoms with E-state index in [-0.39, 0.29) is 0 Å². The molecule has 0 aliphatic carbocycles. The summed E-state index contributed by atoms with van der Waals surface area (Å²) in [6.07, 6.45) is -0.110. The SMILES string of the molecule is Cc1cc(Cl)cnc1C(O)C(O)CCN. The highest BCUT2D eigenvalue weighted by Gasteiger charge is 2.20. The van der Waals surface area contributed by atoms with E-state index in [4.69, 9.17) is 17.3 Å². The number of pyridine rings is 1. The van der Waals surface area contributed by atoms with Crippen molar-refractivity contribution in [3.8, 4) is 0 Å². The van der Waals surface area contributed by atoms with Gasteiger partial charge in [-0.3, -0.25) is 4.98 Å². The third kappa shape index (κ3) is 3.14. The Morgan fingerprint density at radius 2 is 2.20 bits per heavy atom. The topological polar surface area (TPSA) is 79.4 Å². The molecule has 0 amide bonds. The van der Waals surface area contributed by atoms with E-state index in [2.05, 4.69) is 4.98 Å². The average Bonchev–Trinajstić information content (AvgIpc) is 2.17. The molecule has 0 aliphatic rings. The maximum absolute atomic E-state index is 9.78. The molecule has 0 aliphatic heterocycles. The van der Waals surface area contributed by atoms with Gasteiger partial charge in [0.2, 0.25) is 0 Å². The number of nitrogens with two attached hydrogens (primary N) is 1. The van der Waals surface area contributed by atoms with Crippen LogP contribution in [0, 0.1) is 6.92 Å². The van der Waals surface area contributed by atoms with Gasteiger partial charge in [-0.05, 0) is 31.5 Å². The minimum atomic E-state index is -1.01. The molecule has 1 aromatic rings. The van der Waals surface area contributed by atoms with E-state index in [1.807, 2.05) is 0 Å². The van der Waals surface area contributed by atoms with Gasteiger partial charge in [0.15, 0.2) is 0 Å². The first kappa shape index (κ1) is 12.4. The summed E-state index contributed by atoms with van der Waals surface area (Å²) in [6, 6.07) is 1.70. The molecular formula is C10H15ClN2O2. The Bertz CT molecular complexity index is 333. The summed E-state index contributed by atoms with van der Waals surface area (Å²) in [5.74, 6) is 0. The Hall–Kier alpha value is -0.680. The van der Waals surface area contributed by atoms with Crippen molar-refractivity contribution >= 4 is 11.6 Å². The zero-order valence-electron chi connectivity index (χ0n) is 8.52. The molecular weight excluding hydrogens is 216 g/mol. The fourth-order valence-electron chi connectivity index (χ4n) is 1.37. The molecule has 0 saturated carbocycles. The van der Waals surface area contributed by atoms with Gasteiger partial charge in [0, 0.05) is 6.20 Å². The normalized spacial score (nSPS) is 15.0. The van der Waals surface area contributed by atoms with Gasteiger partial charge in [-0.15, -0.1) is 0 Å². The van der Waals surface area contributed by atoms with Gasteiger partial charge in [-0.1, -0.05) is 11.6 Å². The fraction of sp³-hybridized carbons (Fsp3) is 0.500. The molecule has 0 fully saturated rings. The molecule has 15 heavy (non-hydrogen) atoms. The quantitative estimate of drug-likeness (QED) is 0.715. The van der Waals surface area contributed by atoms with E-state index in [9.17, 15) is 10.2 Å². The molecule has 0 radical (unpaired) electrons. The van der Waals surface area contributed by atoms with Gasteiger partial charge in [0.1, 0.15) is 6.10 Å². The first-order valence-corrected chi connectivity index (χ1v) is 5.12. The van der Waals surface area contributed by atoms with Crippen molar-refractivity contribution in [2.45, 2.75) is 25.6 Å². The fourth-order valence-corrected chi connectivity index (χ4v) is 1.58. The van der Waals surface area contributed by atoms with Crippen LogP contribution in [-0.4, -0.2) is 27.8 Å². The van der Waals surface area contributed by atoms with Crippen molar-refractivity contribution in [2.75, 3.05) is 6.54 Å². The van der Waals surface area contributed by atoms with Crippen LogP contribution in [0.5, 0.6) is 0 Å². The van der Waals surface area contributed by atoms with Crippen LogP contribution in [0.1, 0.15) is 23.8 Å². The predicted octanol–water partition coefficient (Wildman–Crippen LogP) is 0.787. The zero-order valence-corrected chi connectivity index (χ0v) is 9.28. The minimum Gasteiger partial charge on any atom is -0.390 e. The lowest BCUT2D eigenvalue weighted by molar-refractivity contribution is 0.0121. The standard InChI is InChI=1S/C10H15ClN2O2/c1-6-4-7(11)5-13-9(6)10(15)8(14)2-3-12/h4-5,8,10,14-15H,2-3,12H2,1H3. The zero-order chi connectivity index (χ0) is 11.4. The van der Waals surface area contributed by atoms with Gasteiger partial charge in [-0.2, -0.15) is 0 Å². The second-order valence-corrected chi connectivity index (χ2v) is 3.88. The van der Waals surface area contributed by atoms with E-state index in [1.165, 1.54) is 6.20 Å². The summed E-state index contributed by atoms with van der Waals surface area (Å²) in [5.41, 5.74) is 6.50. The molecule has 4 nitrogen and oxygen atoms in total. The predicted molar refractivity (Wildman–Crippen MR) is 58.6 cm³/mol. The van der Waals surface area contributed by atoms with Gasteiger partial charge < -0.3 is 15.9 Å². The first-order valence-electron chi connectivity index (χ1n) is 4.74. The third-order valence-corrected chi connectivity index (χ3v) is 2.40. The molecule has 0 spiro atoms. The molecule has 0 aromatic carbocycles. The van der Waals surface area contributed by atoms with Gasteiger partial charge in [-0.25, -0.2) is 0 Å². The van der Waals surface area contributed by atoms with Gasteiger partial charge >= 0.3 is 0 Å². The Labute approximate surface area is 93.7 Å². The van der Waals surface area contributed by atoms with Crippen molar-refractivity contribution in [1.82, 2.24) is 4.98 Å². The molecule has 1 aromatic heterocycles. The van der Waals surface area contributed by atoms with E-state index in [0.717, 1.165) is 5.56 Å². The maximum Gasteiger partial charge on any atom is 0.122 e. The Kier molecular flexibility index (Phi) is 4.47. The Balaban J connectivity index is 2.86. The summed E-state index contributed by atoms with van der Waals surface area (Å²) in [6.45, 7) is 2.11. The molecule has 5 heteroatoms. The van der Waals surface area contributed by atoms with Crippen LogP contribution >= 0.6 is 11.6 Å². The van der Waals surface area contributed by atoms with Crippen LogP contribution in [0.3, 0.4) is 0 Å². The van der Waals surface area contributed by atoms with E-state index in [1.54, 1.807) is 13.0 Å². The molecule has 4 N–H and O–H groups in total. The number of aromatic nitrogens is 1. The highest BCUT2D eigenvalue weighted by atomic mass is 35.5. The van der Waals surface area contributed by atoms with Gasteiger partial charge in [0.05, 0.1) is 16.8 Å². The van der Waals surface area contributed by atoms with Crippen molar-refractivity contribution in [3.05, 3.63) is 28.5 Å². The monoisotopic (exact) mass is 230 g/mol. The third-order valence-electron chi connectivity index (χ3n) is 2.19.